The number of piperidine rings is 1. The van der Waals surface area contributed by atoms with Gasteiger partial charge in [0.25, 0.3) is 0 Å². The quantitative estimate of drug-likeness (QED) is 0.781. The summed E-state index contributed by atoms with van der Waals surface area (Å²) in [6.45, 7) is 5.32. The summed E-state index contributed by atoms with van der Waals surface area (Å²) in [6.07, 6.45) is 3.69. The molecule has 1 aliphatic heterocycles. The largest absolute Gasteiger partial charge is 0.497 e. The van der Waals surface area contributed by atoms with Gasteiger partial charge in [0.05, 0.1) is 14.2 Å². The lowest BCUT2D eigenvalue weighted by atomic mass is 9.99. The molecule has 5 heteroatoms. The van der Waals surface area contributed by atoms with E-state index in [1.54, 1.807) is 7.11 Å². The number of carbonyl (C=O) groups excluding carboxylic acids is 1. The van der Waals surface area contributed by atoms with E-state index in [0.29, 0.717) is 13.1 Å². The molecule has 128 valence electrons. The summed E-state index contributed by atoms with van der Waals surface area (Å²) in [6, 6.07) is 7.86. The van der Waals surface area contributed by atoms with Crippen molar-refractivity contribution in [1.29, 1.82) is 0 Å². The molecular formula is C18H28N2O3. The first-order chi connectivity index (χ1) is 11.1. The minimum atomic E-state index is -0.702. The number of ether oxygens (including phenoxy) is 2. The molecule has 0 aliphatic carbocycles. The van der Waals surface area contributed by atoms with Gasteiger partial charge in [0.1, 0.15) is 11.3 Å². The monoisotopic (exact) mass is 320 g/mol. The van der Waals surface area contributed by atoms with Crippen molar-refractivity contribution in [3.8, 4) is 5.75 Å². The number of nitrogens with one attached hydrogen (secondary N) is 1. The molecule has 1 aromatic carbocycles. The molecular weight excluding hydrogens is 292 g/mol. The van der Waals surface area contributed by atoms with Crippen LogP contribution in [0.4, 0.5) is 0 Å². The van der Waals surface area contributed by atoms with Crippen LogP contribution in [0, 0.1) is 0 Å². The average Bonchev–Trinajstić information content (AvgIpc) is 2.60. The zero-order valence-corrected chi connectivity index (χ0v) is 14.4. The number of carbonyl (C=O) groups is 1. The third-order valence-corrected chi connectivity index (χ3v) is 4.47. The first-order valence-corrected chi connectivity index (χ1v) is 8.26. The van der Waals surface area contributed by atoms with E-state index < -0.39 is 5.54 Å². The number of benzene rings is 1. The lowest BCUT2D eigenvalue weighted by molar-refractivity contribution is -0.149. The van der Waals surface area contributed by atoms with Crippen LogP contribution in [0.3, 0.4) is 0 Å². The van der Waals surface area contributed by atoms with Crippen LogP contribution in [0.5, 0.6) is 5.75 Å². The highest BCUT2D eigenvalue weighted by atomic mass is 16.5. The fraction of sp³-hybridized carbons (Fsp3) is 0.611. The predicted molar refractivity (Wildman–Crippen MR) is 90.5 cm³/mol. The second-order valence-corrected chi connectivity index (χ2v) is 6.36. The maximum atomic E-state index is 12.3. The van der Waals surface area contributed by atoms with E-state index in [-0.39, 0.29) is 5.97 Å². The van der Waals surface area contributed by atoms with Gasteiger partial charge in [-0.2, -0.15) is 0 Å². The van der Waals surface area contributed by atoms with Gasteiger partial charge in [0, 0.05) is 13.1 Å². The van der Waals surface area contributed by atoms with Crippen molar-refractivity contribution >= 4 is 5.97 Å². The summed E-state index contributed by atoms with van der Waals surface area (Å²) < 4.78 is 10.2. The summed E-state index contributed by atoms with van der Waals surface area (Å²) >= 11 is 0. The average molecular weight is 320 g/mol. The molecule has 0 spiro atoms. The molecule has 0 saturated carbocycles. The molecule has 1 fully saturated rings. The fourth-order valence-corrected chi connectivity index (χ4v) is 3.02. The van der Waals surface area contributed by atoms with Gasteiger partial charge in [-0.15, -0.1) is 0 Å². The third-order valence-electron chi connectivity index (χ3n) is 4.47. The van der Waals surface area contributed by atoms with Crippen molar-refractivity contribution in [2.75, 3.05) is 33.9 Å². The molecule has 1 N–H and O–H groups in total. The second-order valence-electron chi connectivity index (χ2n) is 6.36. The van der Waals surface area contributed by atoms with Gasteiger partial charge in [-0.25, -0.2) is 0 Å². The lowest BCUT2D eigenvalue weighted by Crippen LogP contribution is -2.57. The third kappa shape index (κ3) is 4.94. The highest BCUT2D eigenvalue weighted by Gasteiger charge is 2.36. The number of rotatable bonds is 7. The van der Waals surface area contributed by atoms with Gasteiger partial charge in [-0.3, -0.25) is 10.1 Å². The van der Waals surface area contributed by atoms with Crippen molar-refractivity contribution in [2.24, 2.45) is 0 Å². The van der Waals surface area contributed by atoms with Crippen LogP contribution in [0.15, 0.2) is 24.3 Å². The van der Waals surface area contributed by atoms with E-state index >= 15 is 0 Å². The Hall–Kier alpha value is -1.59. The molecule has 5 nitrogen and oxygen atoms in total. The Morgan fingerprint density at radius 1 is 1.17 bits per heavy atom. The van der Waals surface area contributed by atoms with E-state index in [0.717, 1.165) is 24.4 Å². The van der Waals surface area contributed by atoms with Crippen LogP contribution in [0.1, 0.15) is 31.7 Å². The van der Waals surface area contributed by atoms with Crippen LogP contribution in [0.2, 0.25) is 0 Å². The zero-order chi connectivity index (χ0) is 16.7. The van der Waals surface area contributed by atoms with E-state index in [4.69, 9.17) is 9.47 Å². The van der Waals surface area contributed by atoms with Crippen molar-refractivity contribution in [1.82, 2.24) is 10.2 Å². The van der Waals surface area contributed by atoms with E-state index in [9.17, 15) is 4.79 Å². The molecule has 2 rings (SSSR count). The Kier molecular flexibility index (Phi) is 6.42. The lowest BCUT2D eigenvalue weighted by Gasteiger charge is -2.36. The van der Waals surface area contributed by atoms with Crippen molar-refractivity contribution in [3.63, 3.8) is 0 Å². The molecule has 1 atom stereocenters. The summed E-state index contributed by atoms with van der Waals surface area (Å²) in [5.41, 5.74) is 0.408. The molecule has 1 aromatic rings. The summed E-state index contributed by atoms with van der Waals surface area (Å²) in [5.74, 6) is 0.620. The Bertz CT molecular complexity index is 497. The van der Waals surface area contributed by atoms with Crippen LogP contribution in [-0.4, -0.2) is 50.3 Å². The van der Waals surface area contributed by atoms with Crippen LogP contribution >= 0.6 is 0 Å². The van der Waals surface area contributed by atoms with Gasteiger partial charge in [-0.1, -0.05) is 18.6 Å². The molecule has 1 saturated heterocycles. The molecule has 0 radical (unpaired) electrons. The maximum absolute atomic E-state index is 12.3. The van der Waals surface area contributed by atoms with Gasteiger partial charge in [-0.05, 0) is 50.6 Å². The van der Waals surface area contributed by atoms with Crippen molar-refractivity contribution in [2.45, 2.75) is 38.3 Å². The Morgan fingerprint density at radius 3 is 2.39 bits per heavy atom. The van der Waals surface area contributed by atoms with Crippen molar-refractivity contribution in [3.05, 3.63) is 29.8 Å². The smallest absolute Gasteiger partial charge is 0.327 e. The molecule has 0 amide bonds. The van der Waals surface area contributed by atoms with Gasteiger partial charge >= 0.3 is 5.97 Å². The molecule has 0 aromatic heterocycles. The highest BCUT2D eigenvalue weighted by molar-refractivity contribution is 5.80. The molecule has 23 heavy (non-hydrogen) atoms. The predicted octanol–water partition coefficient (Wildman–Crippen LogP) is 2.20. The zero-order valence-electron chi connectivity index (χ0n) is 14.4. The molecule has 0 unspecified atom stereocenters. The van der Waals surface area contributed by atoms with Gasteiger partial charge in [0.15, 0.2) is 0 Å². The van der Waals surface area contributed by atoms with Gasteiger partial charge in [0.2, 0.25) is 0 Å². The first-order valence-electron chi connectivity index (χ1n) is 8.26. The Balaban J connectivity index is 2.00. The fourth-order valence-electron chi connectivity index (χ4n) is 3.02. The van der Waals surface area contributed by atoms with Crippen molar-refractivity contribution < 1.29 is 14.3 Å². The van der Waals surface area contributed by atoms with E-state index in [1.807, 2.05) is 31.2 Å². The topological polar surface area (TPSA) is 50.8 Å². The number of likely N-dealkylation sites (tertiary alicyclic amines) is 1. The number of nitrogens with zero attached hydrogens (tertiary/aromatic N) is 1. The SMILES string of the molecule is COC(=O)[C@](C)(CN1CCCCC1)NCc1ccc(OC)cc1. The first kappa shape index (κ1) is 17.8. The summed E-state index contributed by atoms with van der Waals surface area (Å²) in [7, 11) is 3.10. The normalized spacial score (nSPS) is 18.2. The van der Waals surface area contributed by atoms with Crippen LogP contribution in [0.25, 0.3) is 0 Å². The summed E-state index contributed by atoms with van der Waals surface area (Å²) in [4.78, 5) is 14.6. The van der Waals surface area contributed by atoms with Gasteiger partial charge < -0.3 is 14.4 Å². The molecule has 1 heterocycles. The van der Waals surface area contributed by atoms with E-state index in [2.05, 4.69) is 10.2 Å². The summed E-state index contributed by atoms with van der Waals surface area (Å²) in [5, 5.41) is 3.39. The van der Waals surface area contributed by atoms with E-state index in [1.165, 1.54) is 26.4 Å². The minimum absolute atomic E-state index is 0.211. The number of hydrogen-bond donors (Lipinski definition) is 1. The van der Waals surface area contributed by atoms with Crippen LogP contribution in [-0.2, 0) is 16.1 Å². The molecule has 1 aliphatic rings. The second kappa shape index (κ2) is 8.31. The number of methoxy groups -OCH3 is 2. The number of esters is 1. The minimum Gasteiger partial charge on any atom is -0.497 e. The maximum Gasteiger partial charge on any atom is 0.327 e. The van der Waals surface area contributed by atoms with Crippen LogP contribution < -0.4 is 10.1 Å². The standard InChI is InChI=1S/C18H28N2O3/c1-18(17(21)23-3,14-20-11-5-4-6-12-20)19-13-15-7-9-16(22-2)10-8-15/h7-10,19H,4-6,11-14H2,1-3H3/t18-/m0/s1. The number of hydrogen-bond acceptors (Lipinski definition) is 5. The highest BCUT2D eigenvalue weighted by Crippen LogP contribution is 2.17. The Labute approximate surface area is 139 Å². The molecule has 0 bridgehead atoms. The Morgan fingerprint density at radius 2 is 1.83 bits per heavy atom.